The summed E-state index contributed by atoms with van der Waals surface area (Å²) in [6.45, 7) is 15.0. The number of rotatable bonds is 2. The van der Waals surface area contributed by atoms with Gasteiger partial charge in [0.25, 0.3) is 0 Å². The maximum atomic E-state index is 9.71. The average Bonchev–Trinajstić information content (AvgIpc) is 3.09. The zero-order valence-corrected chi connectivity index (χ0v) is 15.3. The summed E-state index contributed by atoms with van der Waals surface area (Å²) >= 11 is 0. The van der Waals surface area contributed by atoms with E-state index in [9.17, 15) is 5.11 Å². The largest absolute Gasteiger partial charge is 0.393 e. The first-order valence-electron chi connectivity index (χ1n) is 9.24. The standard InChI is InChI=1S/C10H16O.C10H20O/c1-7(2)8-4-5-10(3)9(6-8)11-10;1-7(2)9-5-4-8(3)6-10(9)11/h8-9H,1,4-6H2,2-3H3;7-11H,4-6H2,1-3H3/t;8-,9-,10+/m.0/s1. The molecule has 1 aliphatic heterocycles. The van der Waals surface area contributed by atoms with Crippen LogP contribution in [0.3, 0.4) is 0 Å². The summed E-state index contributed by atoms with van der Waals surface area (Å²) in [5.74, 6) is 2.68. The Morgan fingerprint density at radius 1 is 1.23 bits per heavy atom. The van der Waals surface area contributed by atoms with E-state index in [1.54, 1.807) is 0 Å². The highest BCUT2D eigenvalue weighted by molar-refractivity contribution is 5.10. The van der Waals surface area contributed by atoms with E-state index in [1.165, 1.54) is 37.7 Å². The molecule has 3 aliphatic rings. The van der Waals surface area contributed by atoms with Gasteiger partial charge in [-0.1, -0.05) is 39.3 Å². The van der Waals surface area contributed by atoms with Crippen LogP contribution in [0.1, 0.15) is 73.1 Å². The van der Waals surface area contributed by atoms with Crippen LogP contribution in [-0.2, 0) is 4.74 Å². The smallest absolute Gasteiger partial charge is 0.0920 e. The molecule has 0 aromatic carbocycles. The van der Waals surface area contributed by atoms with Gasteiger partial charge >= 0.3 is 0 Å². The van der Waals surface area contributed by atoms with E-state index in [-0.39, 0.29) is 11.7 Å². The fraction of sp³-hybridized carbons (Fsp3) is 0.900. The molecule has 6 atom stereocenters. The zero-order chi connectivity index (χ0) is 16.5. The molecule has 1 N–H and O–H groups in total. The van der Waals surface area contributed by atoms with Crippen molar-refractivity contribution in [2.45, 2.75) is 91.0 Å². The fourth-order valence-electron chi connectivity index (χ4n) is 4.24. The Kier molecular flexibility index (Phi) is 5.77. The second kappa shape index (κ2) is 7.05. The lowest BCUT2D eigenvalue weighted by Crippen LogP contribution is -2.31. The molecule has 0 aromatic rings. The van der Waals surface area contributed by atoms with Crippen molar-refractivity contribution < 1.29 is 9.84 Å². The molecule has 128 valence electrons. The van der Waals surface area contributed by atoms with E-state index in [1.807, 2.05) is 0 Å². The van der Waals surface area contributed by atoms with Crippen LogP contribution in [0.2, 0.25) is 0 Å². The molecule has 2 saturated carbocycles. The third-order valence-corrected chi connectivity index (χ3v) is 6.21. The molecular weight excluding hydrogens is 272 g/mol. The number of aliphatic hydroxyl groups is 1. The summed E-state index contributed by atoms with van der Waals surface area (Å²) in [6, 6.07) is 0. The van der Waals surface area contributed by atoms with Crippen molar-refractivity contribution in [3.8, 4) is 0 Å². The Morgan fingerprint density at radius 3 is 2.41 bits per heavy atom. The summed E-state index contributed by atoms with van der Waals surface area (Å²) in [4.78, 5) is 0. The van der Waals surface area contributed by atoms with Crippen molar-refractivity contribution in [3.63, 3.8) is 0 Å². The Bertz CT molecular complexity index is 389. The highest BCUT2D eigenvalue weighted by Crippen LogP contribution is 2.50. The summed E-state index contributed by atoms with van der Waals surface area (Å²) < 4.78 is 5.60. The molecule has 1 heterocycles. The van der Waals surface area contributed by atoms with Crippen LogP contribution in [0.5, 0.6) is 0 Å². The quantitative estimate of drug-likeness (QED) is 0.577. The number of allylic oxidation sites excluding steroid dienone is 1. The van der Waals surface area contributed by atoms with Crippen LogP contribution in [0.15, 0.2) is 12.2 Å². The third kappa shape index (κ3) is 4.35. The van der Waals surface area contributed by atoms with E-state index in [4.69, 9.17) is 4.74 Å². The maximum absolute atomic E-state index is 9.71. The normalized spacial score (nSPS) is 43.9. The first-order valence-corrected chi connectivity index (χ1v) is 9.24. The lowest BCUT2D eigenvalue weighted by atomic mass is 9.75. The Hall–Kier alpha value is -0.340. The Morgan fingerprint density at radius 2 is 1.91 bits per heavy atom. The third-order valence-electron chi connectivity index (χ3n) is 6.21. The van der Waals surface area contributed by atoms with Crippen LogP contribution in [0.25, 0.3) is 0 Å². The number of aliphatic hydroxyl groups excluding tert-OH is 1. The lowest BCUT2D eigenvalue weighted by Gasteiger charge is -2.33. The van der Waals surface area contributed by atoms with Crippen molar-refractivity contribution in [3.05, 3.63) is 12.2 Å². The van der Waals surface area contributed by atoms with Gasteiger partial charge in [-0.2, -0.15) is 0 Å². The molecule has 1 saturated heterocycles. The second-order valence-corrected chi connectivity index (χ2v) is 8.63. The van der Waals surface area contributed by atoms with Gasteiger partial charge in [-0.05, 0) is 69.6 Å². The molecule has 0 amide bonds. The molecule has 0 bridgehead atoms. The maximum Gasteiger partial charge on any atom is 0.0920 e. The predicted molar refractivity (Wildman–Crippen MR) is 92.8 cm³/mol. The average molecular weight is 309 g/mol. The van der Waals surface area contributed by atoms with Gasteiger partial charge in [0, 0.05) is 0 Å². The number of hydrogen-bond donors (Lipinski definition) is 1. The SMILES string of the molecule is C=C(C)C1CCC2(C)OC2C1.CC(C)[C@@H]1CC[C@H](C)C[C@H]1O. The molecule has 22 heavy (non-hydrogen) atoms. The molecule has 3 fully saturated rings. The van der Waals surface area contributed by atoms with Crippen LogP contribution in [0, 0.1) is 23.7 Å². The number of fused-ring (bicyclic) bond motifs is 1. The molecular formula is C20H36O2. The van der Waals surface area contributed by atoms with Gasteiger partial charge in [-0.15, -0.1) is 0 Å². The Labute approximate surface area is 137 Å². The van der Waals surface area contributed by atoms with Crippen molar-refractivity contribution in [1.82, 2.24) is 0 Å². The molecule has 0 aromatic heterocycles. The summed E-state index contributed by atoms with van der Waals surface area (Å²) in [6.07, 6.45) is 7.79. The van der Waals surface area contributed by atoms with Crippen molar-refractivity contribution in [2.24, 2.45) is 23.7 Å². The zero-order valence-electron chi connectivity index (χ0n) is 15.3. The van der Waals surface area contributed by atoms with Gasteiger partial charge in [0.05, 0.1) is 17.8 Å². The summed E-state index contributed by atoms with van der Waals surface area (Å²) in [5.41, 5.74) is 1.61. The van der Waals surface area contributed by atoms with Gasteiger partial charge in [-0.25, -0.2) is 0 Å². The molecule has 0 spiro atoms. The first kappa shape index (κ1) is 18.0. The van der Waals surface area contributed by atoms with Crippen molar-refractivity contribution in [2.75, 3.05) is 0 Å². The van der Waals surface area contributed by atoms with Crippen LogP contribution in [0.4, 0.5) is 0 Å². The minimum absolute atomic E-state index is 0.0289. The number of ether oxygens (including phenoxy) is 1. The second-order valence-electron chi connectivity index (χ2n) is 8.63. The molecule has 2 heteroatoms. The molecule has 0 radical (unpaired) electrons. The topological polar surface area (TPSA) is 32.8 Å². The van der Waals surface area contributed by atoms with Crippen LogP contribution >= 0.6 is 0 Å². The van der Waals surface area contributed by atoms with Crippen LogP contribution < -0.4 is 0 Å². The lowest BCUT2D eigenvalue weighted by molar-refractivity contribution is 0.0266. The van der Waals surface area contributed by atoms with Crippen molar-refractivity contribution >= 4 is 0 Å². The Balaban J connectivity index is 0.000000160. The van der Waals surface area contributed by atoms with Crippen molar-refractivity contribution in [1.29, 1.82) is 0 Å². The predicted octanol–water partition coefficient (Wildman–Crippen LogP) is 4.96. The van der Waals surface area contributed by atoms with Gasteiger partial charge in [0.2, 0.25) is 0 Å². The molecule has 2 aliphatic carbocycles. The molecule has 3 rings (SSSR count). The van der Waals surface area contributed by atoms with E-state index < -0.39 is 0 Å². The van der Waals surface area contributed by atoms with E-state index in [2.05, 4.69) is 41.2 Å². The molecule has 3 unspecified atom stereocenters. The van der Waals surface area contributed by atoms with E-state index in [0.29, 0.717) is 17.9 Å². The van der Waals surface area contributed by atoms with Gasteiger partial charge in [0.15, 0.2) is 0 Å². The van der Waals surface area contributed by atoms with Gasteiger partial charge < -0.3 is 9.84 Å². The minimum atomic E-state index is -0.0289. The minimum Gasteiger partial charge on any atom is -0.393 e. The first-order chi connectivity index (χ1) is 10.2. The highest BCUT2D eigenvalue weighted by atomic mass is 16.6. The monoisotopic (exact) mass is 308 g/mol. The highest BCUT2D eigenvalue weighted by Gasteiger charge is 2.55. The fourth-order valence-corrected chi connectivity index (χ4v) is 4.24. The van der Waals surface area contributed by atoms with E-state index >= 15 is 0 Å². The summed E-state index contributed by atoms with van der Waals surface area (Å²) in [5, 5.41) is 9.71. The van der Waals surface area contributed by atoms with Gasteiger partial charge in [-0.3, -0.25) is 0 Å². The van der Waals surface area contributed by atoms with Crippen LogP contribution in [-0.4, -0.2) is 22.9 Å². The molecule has 2 nitrogen and oxygen atoms in total. The van der Waals surface area contributed by atoms with Gasteiger partial charge in [0.1, 0.15) is 0 Å². The van der Waals surface area contributed by atoms with E-state index in [0.717, 1.165) is 18.3 Å². The number of hydrogen-bond acceptors (Lipinski definition) is 2. The number of epoxide rings is 1. The summed E-state index contributed by atoms with van der Waals surface area (Å²) in [7, 11) is 0.